The smallest absolute Gasteiger partial charge is 0.127 e. The van der Waals surface area contributed by atoms with E-state index in [4.69, 9.17) is 9.47 Å². The molecule has 1 atom stereocenters. The Morgan fingerprint density at radius 3 is 1.26 bits per heavy atom. The van der Waals surface area contributed by atoms with Crippen molar-refractivity contribution in [1.82, 2.24) is 9.13 Å². The van der Waals surface area contributed by atoms with Crippen LogP contribution in [0.2, 0.25) is 0 Å². The predicted octanol–water partition coefficient (Wildman–Crippen LogP) is 15.3. The van der Waals surface area contributed by atoms with E-state index in [-0.39, 0.29) is 6.10 Å². The van der Waals surface area contributed by atoms with E-state index in [0.29, 0.717) is 0 Å². The van der Waals surface area contributed by atoms with Crippen molar-refractivity contribution in [3.8, 4) is 73.4 Å². The highest BCUT2D eigenvalue weighted by molar-refractivity contribution is 6.02. The highest BCUT2D eigenvalue weighted by Gasteiger charge is 2.19. The van der Waals surface area contributed by atoms with Gasteiger partial charge in [0, 0.05) is 28.6 Å². The number of hydrogen-bond donors (Lipinski definition) is 0. The summed E-state index contributed by atoms with van der Waals surface area (Å²) in [6.07, 6.45) is 9.28. The highest BCUT2D eigenvalue weighted by Crippen LogP contribution is 2.40. The zero-order valence-electron chi connectivity index (χ0n) is 34.0. The Balaban J connectivity index is 1.06. The fourth-order valence-corrected chi connectivity index (χ4v) is 8.60. The van der Waals surface area contributed by atoms with E-state index >= 15 is 0 Å². The average Bonchev–Trinajstić information content (AvgIpc) is 3.91. The Morgan fingerprint density at radius 1 is 0.371 bits per heavy atom. The molecule has 1 unspecified atom stereocenters. The number of hydrogen-bond acceptors (Lipinski definition) is 2. The third kappa shape index (κ3) is 7.29. The summed E-state index contributed by atoms with van der Waals surface area (Å²) in [6.45, 7) is 0. The number of allylic oxidation sites excluding steroid dienone is 2. The van der Waals surface area contributed by atoms with Crippen molar-refractivity contribution in [1.29, 1.82) is 0 Å². The minimum absolute atomic E-state index is 0.0330. The first kappa shape index (κ1) is 37.0. The summed E-state index contributed by atoms with van der Waals surface area (Å²) in [4.78, 5) is 0. The Hall–Kier alpha value is -8.08. The maximum atomic E-state index is 6.35. The van der Waals surface area contributed by atoms with Gasteiger partial charge in [-0.15, -0.1) is 0 Å². The van der Waals surface area contributed by atoms with Crippen molar-refractivity contribution < 1.29 is 9.47 Å². The molecule has 0 N–H and O–H groups in total. The van der Waals surface area contributed by atoms with Gasteiger partial charge in [0.15, 0.2) is 0 Å². The molecule has 0 bridgehead atoms. The molecule has 0 saturated carbocycles. The maximum absolute atomic E-state index is 6.35. The average molecular weight is 799 g/mol. The third-order valence-corrected chi connectivity index (χ3v) is 11.7. The van der Waals surface area contributed by atoms with Gasteiger partial charge < -0.3 is 18.6 Å². The number of ether oxygens (including phenoxy) is 2. The van der Waals surface area contributed by atoms with Gasteiger partial charge in [0.05, 0.1) is 22.4 Å². The van der Waals surface area contributed by atoms with Crippen LogP contribution in [0.25, 0.3) is 77.9 Å². The van der Waals surface area contributed by atoms with Crippen LogP contribution in [0, 0.1) is 0 Å². The highest BCUT2D eigenvalue weighted by atomic mass is 16.5. The second kappa shape index (κ2) is 16.2. The van der Waals surface area contributed by atoms with Crippen molar-refractivity contribution in [2.24, 2.45) is 0 Å². The summed E-state index contributed by atoms with van der Waals surface area (Å²) < 4.78 is 17.3. The number of benzene rings is 8. The van der Waals surface area contributed by atoms with Crippen LogP contribution in [0.3, 0.4) is 0 Å². The molecule has 8 aromatic carbocycles. The molecule has 2 heterocycles. The molecule has 4 heteroatoms. The number of para-hydroxylation sites is 1. The molecule has 0 aliphatic heterocycles. The van der Waals surface area contributed by atoms with E-state index in [9.17, 15) is 0 Å². The second-order valence-electron chi connectivity index (χ2n) is 15.7. The van der Waals surface area contributed by atoms with Crippen LogP contribution in [-0.2, 0) is 0 Å². The molecule has 0 spiro atoms. The molecule has 0 radical (unpaired) electrons. The second-order valence-corrected chi connectivity index (χ2v) is 15.7. The molecule has 11 rings (SSSR count). The van der Waals surface area contributed by atoms with E-state index in [1.807, 2.05) is 30.3 Å². The van der Waals surface area contributed by atoms with Gasteiger partial charge in [0.1, 0.15) is 23.4 Å². The lowest BCUT2D eigenvalue weighted by Crippen LogP contribution is -2.13. The number of fused-ring (bicyclic) bond motifs is 2. The molecule has 0 amide bonds. The van der Waals surface area contributed by atoms with E-state index in [0.717, 1.165) is 79.4 Å². The van der Waals surface area contributed by atoms with Gasteiger partial charge in [-0.25, -0.2) is 0 Å². The summed E-state index contributed by atoms with van der Waals surface area (Å²) in [5, 5.41) is 2.29. The molecule has 1 aliphatic rings. The third-order valence-electron chi connectivity index (χ3n) is 11.7. The van der Waals surface area contributed by atoms with Crippen LogP contribution in [-0.4, -0.2) is 15.2 Å². The normalized spacial score (nSPS) is 13.5. The standard InChI is InChI=1S/C58H42N2O2/c1-5-13-41(14-6-1)43-21-25-45(26-22-43)55-37-47-39-58-48(40-57(47)59(55)49-29-33-53(34-30-49)61-51-17-9-3-10-18-51)38-56(46-27-23-44(24-28-46)42-15-7-2-8-16-42)60(58)50-31-35-54(36-32-50)62-52-19-11-4-12-20-52/h1-19,21-40,52H,20H2. The predicted molar refractivity (Wildman–Crippen MR) is 256 cm³/mol. The summed E-state index contributed by atoms with van der Waals surface area (Å²) in [6, 6.07) is 75.1. The van der Waals surface area contributed by atoms with E-state index < -0.39 is 0 Å². The van der Waals surface area contributed by atoms with Gasteiger partial charge in [-0.2, -0.15) is 0 Å². The minimum Gasteiger partial charge on any atom is -0.486 e. The van der Waals surface area contributed by atoms with Gasteiger partial charge in [-0.05, 0) is 124 Å². The van der Waals surface area contributed by atoms with E-state index in [1.54, 1.807) is 0 Å². The van der Waals surface area contributed by atoms with Crippen LogP contribution in [0.1, 0.15) is 6.42 Å². The SMILES string of the molecule is C1=CCC(Oc2ccc(-n3c(-c4ccc(-c5ccccc5)cc4)cc4cc5c(cc(-c6ccc(-c7ccccc7)cc6)n5-c5ccc(Oc6ccccc6)cc5)cc43)cc2)C=C1. The number of rotatable bonds is 10. The summed E-state index contributed by atoms with van der Waals surface area (Å²) in [5.41, 5.74) is 13.7. The lowest BCUT2D eigenvalue weighted by Gasteiger charge is -2.17. The maximum Gasteiger partial charge on any atom is 0.127 e. The van der Waals surface area contributed by atoms with Crippen LogP contribution in [0.4, 0.5) is 0 Å². The molecule has 62 heavy (non-hydrogen) atoms. The quantitative estimate of drug-likeness (QED) is 0.138. The van der Waals surface area contributed by atoms with Gasteiger partial charge in [0.25, 0.3) is 0 Å². The van der Waals surface area contributed by atoms with E-state index in [2.05, 4.69) is 215 Å². The summed E-state index contributed by atoms with van der Waals surface area (Å²) >= 11 is 0. The fraction of sp³-hybridized carbons (Fsp3) is 0.0345. The first-order valence-corrected chi connectivity index (χ1v) is 21.2. The number of nitrogens with zero attached hydrogens (tertiary/aromatic N) is 2. The Kier molecular flexibility index (Phi) is 9.64. The molecule has 296 valence electrons. The molecule has 0 fully saturated rings. The van der Waals surface area contributed by atoms with Crippen molar-refractivity contribution in [2.75, 3.05) is 0 Å². The van der Waals surface area contributed by atoms with Gasteiger partial charge >= 0.3 is 0 Å². The van der Waals surface area contributed by atoms with Gasteiger partial charge in [-0.3, -0.25) is 0 Å². The lowest BCUT2D eigenvalue weighted by molar-refractivity contribution is 0.251. The lowest BCUT2D eigenvalue weighted by atomic mass is 10.0. The fourth-order valence-electron chi connectivity index (χ4n) is 8.60. The van der Waals surface area contributed by atoms with E-state index in [1.165, 1.54) is 22.3 Å². The Bertz CT molecular complexity index is 3200. The summed E-state index contributed by atoms with van der Waals surface area (Å²) in [5.74, 6) is 2.45. The van der Waals surface area contributed by atoms with Crippen molar-refractivity contribution in [2.45, 2.75) is 12.5 Å². The molecule has 1 aliphatic carbocycles. The largest absolute Gasteiger partial charge is 0.486 e. The van der Waals surface area contributed by atoms with Crippen molar-refractivity contribution in [3.05, 3.63) is 237 Å². The molecule has 2 aromatic heterocycles. The Morgan fingerprint density at radius 2 is 0.790 bits per heavy atom. The van der Waals surface area contributed by atoms with Crippen LogP contribution < -0.4 is 9.47 Å². The molecular formula is C58H42N2O2. The van der Waals surface area contributed by atoms with Crippen LogP contribution in [0.15, 0.2) is 237 Å². The topological polar surface area (TPSA) is 28.3 Å². The monoisotopic (exact) mass is 798 g/mol. The Labute approximate surface area is 361 Å². The zero-order chi connectivity index (χ0) is 41.2. The first-order valence-electron chi connectivity index (χ1n) is 21.2. The zero-order valence-corrected chi connectivity index (χ0v) is 34.0. The molecular weight excluding hydrogens is 757 g/mol. The first-order chi connectivity index (χ1) is 30.7. The molecule has 4 nitrogen and oxygen atoms in total. The van der Waals surface area contributed by atoms with Crippen LogP contribution >= 0.6 is 0 Å². The number of aromatic nitrogens is 2. The van der Waals surface area contributed by atoms with Gasteiger partial charge in [-0.1, -0.05) is 146 Å². The van der Waals surface area contributed by atoms with Crippen LogP contribution in [0.5, 0.6) is 17.2 Å². The summed E-state index contributed by atoms with van der Waals surface area (Å²) in [7, 11) is 0. The van der Waals surface area contributed by atoms with Gasteiger partial charge in [0.2, 0.25) is 0 Å². The minimum atomic E-state index is 0.0330. The molecule has 10 aromatic rings. The van der Waals surface area contributed by atoms with Crippen molar-refractivity contribution >= 4 is 21.8 Å². The molecule has 0 saturated heterocycles. The van der Waals surface area contributed by atoms with Crippen molar-refractivity contribution in [3.63, 3.8) is 0 Å².